The molecule has 0 aromatic carbocycles. The Labute approximate surface area is 73.4 Å². The third-order valence-corrected chi connectivity index (χ3v) is 2.15. The van der Waals surface area contributed by atoms with E-state index in [1.165, 1.54) is 0 Å². The zero-order chi connectivity index (χ0) is 9.47. The van der Waals surface area contributed by atoms with Gasteiger partial charge < -0.3 is 10.4 Å². The Balaban J connectivity index is 2.49. The lowest BCUT2D eigenvalue weighted by molar-refractivity contribution is -0.0209. The van der Waals surface area contributed by atoms with E-state index in [-0.39, 0.29) is 18.7 Å². The fourth-order valence-electron chi connectivity index (χ4n) is 1.39. The van der Waals surface area contributed by atoms with Gasteiger partial charge in [-0.25, -0.2) is 8.78 Å². The van der Waals surface area contributed by atoms with Crippen molar-refractivity contribution in [2.24, 2.45) is 0 Å². The van der Waals surface area contributed by atoms with Crippen molar-refractivity contribution in [2.75, 3.05) is 13.1 Å². The second-order valence-electron chi connectivity index (χ2n) is 3.11. The predicted molar refractivity (Wildman–Crippen MR) is 40.9 cm³/mol. The molecule has 1 aliphatic rings. The van der Waals surface area contributed by atoms with Gasteiger partial charge in [-0.05, 0) is 0 Å². The smallest absolute Gasteiger partial charge is 0.150 e. The second kappa shape index (κ2) is 2.71. The van der Waals surface area contributed by atoms with Crippen LogP contribution in [0.25, 0.3) is 0 Å². The van der Waals surface area contributed by atoms with Crippen molar-refractivity contribution < 1.29 is 13.9 Å². The number of nitrogens with zero attached hydrogens (tertiary/aromatic N) is 1. The highest BCUT2D eigenvalue weighted by atomic mass is 19.1. The quantitative estimate of drug-likeness (QED) is 0.656. The van der Waals surface area contributed by atoms with Crippen LogP contribution in [0.5, 0.6) is 0 Å². The molecule has 0 atom stereocenters. The molecule has 2 heterocycles. The van der Waals surface area contributed by atoms with Gasteiger partial charge in [0, 0.05) is 13.1 Å². The van der Waals surface area contributed by atoms with Gasteiger partial charge in [-0.15, -0.1) is 0 Å². The van der Waals surface area contributed by atoms with Gasteiger partial charge in [0.1, 0.15) is 5.60 Å². The van der Waals surface area contributed by atoms with E-state index in [4.69, 9.17) is 0 Å². The highest BCUT2D eigenvalue weighted by Crippen LogP contribution is 2.28. The summed E-state index contributed by atoms with van der Waals surface area (Å²) >= 11 is 0. The third kappa shape index (κ3) is 1.20. The van der Waals surface area contributed by atoms with E-state index in [9.17, 15) is 13.9 Å². The summed E-state index contributed by atoms with van der Waals surface area (Å²) in [4.78, 5) is 3.33. The summed E-state index contributed by atoms with van der Waals surface area (Å²) in [5.74, 6) is -1.60. The number of rotatable bonds is 1. The lowest BCUT2D eigenvalue weighted by Crippen LogP contribution is -2.57. The second-order valence-corrected chi connectivity index (χ2v) is 3.11. The Bertz CT molecular complexity index is 319. The molecule has 1 saturated heterocycles. The molecular weight excluding hydrogens is 178 g/mol. The molecule has 3 nitrogen and oxygen atoms in total. The molecule has 0 amide bonds. The predicted octanol–water partition coefficient (Wildman–Crippen LogP) is 0.151. The van der Waals surface area contributed by atoms with E-state index >= 15 is 0 Å². The lowest BCUT2D eigenvalue weighted by Gasteiger charge is -2.38. The number of pyridine rings is 1. The maximum Gasteiger partial charge on any atom is 0.150 e. The number of nitrogens with one attached hydrogen (secondary N) is 1. The number of aromatic nitrogens is 1. The normalized spacial score (nSPS) is 19.6. The maximum absolute atomic E-state index is 13.1. The maximum atomic E-state index is 13.1. The van der Waals surface area contributed by atoms with Crippen molar-refractivity contribution >= 4 is 0 Å². The molecule has 0 saturated carbocycles. The Morgan fingerprint density at radius 3 is 2.23 bits per heavy atom. The fraction of sp³-hybridized carbons (Fsp3) is 0.375. The molecule has 1 fully saturated rings. The van der Waals surface area contributed by atoms with Crippen molar-refractivity contribution in [3.8, 4) is 0 Å². The molecule has 2 N–H and O–H groups in total. The van der Waals surface area contributed by atoms with E-state index in [2.05, 4.69) is 10.3 Å². The zero-order valence-electron chi connectivity index (χ0n) is 6.72. The molecule has 0 aliphatic carbocycles. The van der Waals surface area contributed by atoms with Crippen molar-refractivity contribution in [1.29, 1.82) is 0 Å². The number of halogens is 2. The molecular formula is C8H8F2N2O. The monoisotopic (exact) mass is 186 g/mol. The summed E-state index contributed by atoms with van der Waals surface area (Å²) in [6.07, 6.45) is 1.80. The van der Waals surface area contributed by atoms with E-state index < -0.39 is 17.2 Å². The number of hydrogen-bond acceptors (Lipinski definition) is 3. The van der Waals surface area contributed by atoms with Crippen molar-refractivity contribution in [2.45, 2.75) is 5.60 Å². The first-order valence-electron chi connectivity index (χ1n) is 3.86. The molecule has 1 aliphatic heterocycles. The van der Waals surface area contributed by atoms with Crippen LogP contribution < -0.4 is 5.32 Å². The molecule has 0 bridgehead atoms. The van der Waals surface area contributed by atoms with E-state index in [0.717, 1.165) is 12.4 Å². The molecule has 70 valence electrons. The molecule has 1 aromatic heterocycles. The van der Waals surface area contributed by atoms with Gasteiger partial charge in [0.15, 0.2) is 11.6 Å². The van der Waals surface area contributed by atoms with Crippen LogP contribution in [0.1, 0.15) is 5.56 Å². The number of aliphatic hydroxyl groups is 1. The first kappa shape index (κ1) is 8.52. The van der Waals surface area contributed by atoms with Crippen LogP contribution in [0.3, 0.4) is 0 Å². The van der Waals surface area contributed by atoms with Gasteiger partial charge in [-0.1, -0.05) is 0 Å². The standard InChI is InChI=1S/C8H8F2N2O/c9-5-1-11-2-6(10)7(5)8(13)3-12-4-8/h1-2,12-13H,3-4H2. The fourth-order valence-corrected chi connectivity index (χ4v) is 1.39. The van der Waals surface area contributed by atoms with Crippen LogP contribution >= 0.6 is 0 Å². The van der Waals surface area contributed by atoms with Crippen LogP contribution in [0.15, 0.2) is 12.4 Å². The molecule has 0 spiro atoms. The van der Waals surface area contributed by atoms with Crippen LogP contribution in [-0.2, 0) is 5.60 Å². The average Bonchev–Trinajstić information content (AvgIpc) is 2.01. The minimum atomic E-state index is -1.41. The Kier molecular flexibility index (Phi) is 1.78. The SMILES string of the molecule is OC1(c2c(F)cncc2F)CNC1. The first-order valence-corrected chi connectivity index (χ1v) is 3.86. The van der Waals surface area contributed by atoms with Gasteiger partial charge in [0.25, 0.3) is 0 Å². The van der Waals surface area contributed by atoms with Gasteiger partial charge in [0.2, 0.25) is 0 Å². The van der Waals surface area contributed by atoms with Crippen LogP contribution in [0.2, 0.25) is 0 Å². The minimum Gasteiger partial charge on any atom is -0.382 e. The largest absolute Gasteiger partial charge is 0.382 e. The van der Waals surface area contributed by atoms with Crippen molar-refractivity contribution in [1.82, 2.24) is 10.3 Å². The topological polar surface area (TPSA) is 45.2 Å². The highest BCUT2D eigenvalue weighted by Gasteiger charge is 2.40. The molecule has 13 heavy (non-hydrogen) atoms. The van der Waals surface area contributed by atoms with E-state index in [0.29, 0.717) is 0 Å². The summed E-state index contributed by atoms with van der Waals surface area (Å²) in [6, 6.07) is 0. The average molecular weight is 186 g/mol. The van der Waals surface area contributed by atoms with E-state index in [1.807, 2.05) is 0 Å². The molecule has 2 rings (SSSR count). The summed E-state index contributed by atoms with van der Waals surface area (Å²) in [6.45, 7) is 0.343. The zero-order valence-corrected chi connectivity index (χ0v) is 6.72. The third-order valence-electron chi connectivity index (χ3n) is 2.15. The van der Waals surface area contributed by atoms with E-state index in [1.54, 1.807) is 0 Å². The van der Waals surface area contributed by atoms with Crippen LogP contribution in [-0.4, -0.2) is 23.2 Å². The van der Waals surface area contributed by atoms with Crippen LogP contribution in [0, 0.1) is 11.6 Å². The molecule has 1 aromatic rings. The highest BCUT2D eigenvalue weighted by molar-refractivity contribution is 5.26. The van der Waals surface area contributed by atoms with Crippen LogP contribution in [0.4, 0.5) is 8.78 Å². The summed E-state index contributed by atoms with van der Waals surface area (Å²) in [7, 11) is 0. The lowest BCUT2D eigenvalue weighted by atomic mass is 9.88. The Morgan fingerprint density at radius 1 is 1.31 bits per heavy atom. The van der Waals surface area contributed by atoms with Gasteiger partial charge in [-0.3, -0.25) is 4.98 Å². The summed E-state index contributed by atoms with van der Waals surface area (Å²) in [5.41, 5.74) is -1.70. The minimum absolute atomic E-state index is 0.171. The number of β-amino-alcohol motifs (C(OH)–C–C–N with tert-alkyl or cyclic N) is 1. The van der Waals surface area contributed by atoms with Crippen molar-refractivity contribution in [3.63, 3.8) is 0 Å². The summed E-state index contributed by atoms with van der Waals surface area (Å²) < 4.78 is 26.2. The number of hydrogen-bond donors (Lipinski definition) is 2. The van der Waals surface area contributed by atoms with Gasteiger partial charge in [0.05, 0.1) is 18.0 Å². The Morgan fingerprint density at radius 2 is 1.85 bits per heavy atom. The van der Waals surface area contributed by atoms with Gasteiger partial charge >= 0.3 is 0 Å². The van der Waals surface area contributed by atoms with Crippen molar-refractivity contribution in [3.05, 3.63) is 29.6 Å². The molecule has 5 heteroatoms. The molecule has 0 unspecified atom stereocenters. The summed E-state index contributed by atoms with van der Waals surface area (Å²) in [5, 5.41) is 12.4. The van der Waals surface area contributed by atoms with Gasteiger partial charge in [-0.2, -0.15) is 0 Å². The first-order chi connectivity index (χ1) is 6.13. The molecule has 0 radical (unpaired) electrons. The Hall–Kier alpha value is -1.07.